The second-order valence-electron chi connectivity index (χ2n) is 4.91. The Labute approximate surface area is 125 Å². The summed E-state index contributed by atoms with van der Waals surface area (Å²) in [6.45, 7) is 3.84. The van der Waals surface area contributed by atoms with Gasteiger partial charge in [0.2, 0.25) is 5.91 Å². The van der Waals surface area contributed by atoms with Gasteiger partial charge in [0.05, 0.1) is 18.7 Å². The van der Waals surface area contributed by atoms with Gasteiger partial charge >= 0.3 is 0 Å². The summed E-state index contributed by atoms with van der Waals surface area (Å²) in [5, 5.41) is 0. The Bertz CT molecular complexity index is 546. The van der Waals surface area contributed by atoms with Crippen molar-refractivity contribution >= 4 is 5.91 Å². The lowest BCUT2D eigenvalue weighted by atomic mass is 10.1. The predicted octanol–water partition coefficient (Wildman–Crippen LogP) is 1.05. The third kappa shape index (κ3) is 5.54. The maximum absolute atomic E-state index is 13.6. The molecule has 0 bridgehead atoms. The van der Waals surface area contributed by atoms with Gasteiger partial charge in [0.15, 0.2) is 0 Å². The van der Waals surface area contributed by atoms with E-state index in [0.717, 1.165) is 12.1 Å². The van der Waals surface area contributed by atoms with Gasteiger partial charge in [-0.25, -0.2) is 4.39 Å². The highest BCUT2D eigenvalue weighted by Crippen LogP contribution is 2.12. The molecular weight excluding hydrogens is 269 g/mol. The van der Waals surface area contributed by atoms with Crippen LogP contribution in [0.3, 0.4) is 0 Å². The maximum atomic E-state index is 13.6. The number of carbonyl (C=O) groups is 1. The van der Waals surface area contributed by atoms with Gasteiger partial charge in [0.25, 0.3) is 0 Å². The van der Waals surface area contributed by atoms with Gasteiger partial charge in [-0.2, -0.15) is 0 Å². The number of nitrogens with zero attached hydrogens (tertiary/aromatic N) is 2. The van der Waals surface area contributed by atoms with E-state index in [1.54, 1.807) is 31.1 Å². The number of nitrogens with two attached hydrogens (primary N) is 1. The molecule has 0 aromatic heterocycles. The number of hydrogen-bond donors (Lipinski definition) is 1. The summed E-state index contributed by atoms with van der Waals surface area (Å²) in [5.41, 5.74) is 6.57. The van der Waals surface area contributed by atoms with Gasteiger partial charge in [-0.05, 0) is 24.2 Å². The van der Waals surface area contributed by atoms with Gasteiger partial charge in [0.1, 0.15) is 5.82 Å². The van der Waals surface area contributed by atoms with Gasteiger partial charge in [0, 0.05) is 20.6 Å². The molecule has 2 N–H and O–H groups in total. The van der Waals surface area contributed by atoms with Gasteiger partial charge in [-0.3, -0.25) is 9.69 Å². The van der Waals surface area contributed by atoms with Crippen molar-refractivity contribution in [1.29, 1.82) is 0 Å². The number of benzene rings is 1. The molecule has 1 amide bonds. The van der Waals surface area contributed by atoms with Crippen molar-refractivity contribution in [1.82, 2.24) is 9.80 Å². The van der Waals surface area contributed by atoms with Gasteiger partial charge in [-0.1, -0.05) is 24.8 Å². The first-order valence-electron chi connectivity index (χ1n) is 6.87. The van der Waals surface area contributed by atoms with Crippen LogP contribution in [0.15, 0.2) is 18.2 Å². The zero-order valence-corrected chi connectivity index (χ0v) is 12.8. The van der Waals surface area contributed by atoms with Crippen LogP contribution in [0.5, 0.6) is 0 Å². The van der Waals surface area contributed by atoms with Crippen LogP contribution in [0.4, 0.5) is 4.39 Å². The molecule has 0 atom stereocenters. The standard InChI is InChI=1S/C16H22FN3O/c1-4-20(12-16(21)19(2)3)11-13-7-8-15(17)14(10-13)6-5-9-18/h7-8,10H,4,9,11-12,18H2,1-3H3. The van der Waals surface area contributed by atoms with E-state index in [1.807, 2.05) is 11.8 Å². The average molecular weight is 291 g/mol. The molecule has 0 fully saturated rings. The van der Waals surface area contributed by atoms with E-state index < -0.39 is 0 Å². The highest BCUT2D eigenvalue weighted by molar-refractivity contribution is 5.77. The molecule has 0 aliphatic rings. The SMILES string of the molecule is CCN(CC(=O)N(C)C)Cc1ccc(F)c(C#CCN)c1. The Morgan fingerprint density at radius 1 is 1.38 bits per heavy atom. The number of amides is 1. The molecule has 0 radical (unpaired) electrons. The molecular formula is C16H22FN3O. The minimum atomic E-state index is -0.355. The highest BCUT2D eigenvalue weighted by atomic mass is 19.1. The minimum absolute atomic E-state index is 0.0436. The van der Waals surface area contributed by atoms with Crippen molar-refractivity contribution in [2.45, 2.75) is 13.5 Å². The molecule has 1 aromatic rings. The fourth-order valence-electron chi connectivity index (χ4n) is 1.78. The topological polar surface area (TPSA) is 49.6 Å². The van der Waals surface area contributed by atoms with E-state index in [1.165, 1.54) is 6.07 Å². The number of halogens is 1. The van der Waals surface area contributed by atoms with Crippen LogP contribution in [0.1, 0.15) is 18.1 Å². The lowest BCUT2D eigenvalue weighted by Gasteiger charge is -2.22. The van der Waals surface area contributed by atoms with Crippen LogP contribution in [-0.4, -0.2) is 49.4 Å². The molecule has 0 aliphatic heterocycles. The summed E-state index contributed by atoms with van der Waals surface area (Å²) in [6, 6.07) is 4.82. The summed E-state index contributed by atoms with van der Waals surface area (Å²) < 4.78 is 13.6. The molecule has 0 unspecified atom stereocenters. The van der Waals surface area contributed by atoms with E-state index in [-0.39, 0.29) is 18.3 Å². The number of rotatable bonds is 5. The largest absolute Gasteiger partial charge is 0.348 e. The van der Waals surface area contributed by atoms with E-state index >= 15 is 0 Å². The first kappa shape index (κ1) is 17.2. The quantitative estimate of drug-likeness (QED) is 0.825. The first-order valence-corrected chi connectivity index (χ1v) is 6.87. The number of likely N-dealkylation sites (N-methyl/N-ethyl adjacent to an activating group) is 2. The predicted molar refractivity (Wildman–Crippen MR) is 82.0 cm³/mol. The molecule has 1 rings (SSSR count). The van der Waals surface area contributed by atoms with Crippen LogP contribution in [0, 0.1) is 17.7 Å². The second kappa shape index (κ2) is 8.40. The smallest absolute Gasteiger partial charge is 0.236 e. The molecule has 5 heteroatoms. The Morgan fingerprint density at radius 3 is 2.67 bits per heavy atom. The molecule has 1 aromatic carbocycles. The fraction of sp³-hybridized carbons (Fsp3) is 0.438. The average Bonchev–Trinajstić information content (AvgIpc) is 2.46. The molecule has 0 saturated carbocycles. The number of carbonyl (C=O) groups excluding carboxylic acids is 1. The van der Waals surface area contributed by atoms with Crippen molar-refractivity contribution in [3.05, 3.63) is 35.1 Å². The Kier molecular flexibility index (Phi) is 6.86. The Morgan fingerprint density at radius 2 is 2.10 bits per heavy atom. The summed E-state index contributed by atoms with van der Waals surface area (Å²) in [4.78, 5) is 15.3. The lowest BCUT2D eigenvalue weighted by Crippen LogP contribution is -2.36. The van der Waals surface area contributed by atoms with E-state index in [4.69, 9.17) is 5.73 Å². The van der Waals surface area contributed by atoms with E-state index in [2.05, 4.69) is 11.8 Å². The van der Waals surface area contributed by atoms with Gasteiger partial charge in [-0.15, -0.1) is 0 Å². The van der Waals surface area contributed by atoms with Crippen molar-refractivity contribution in [3.8, 4) is 11.8 Å². The molecule has 0 aliphatic carbocycles. The molecule has 0 spiro atoms. The van der Waals surface area contributed by atoms with Crippen LogP contribution in [0.2, 0.25) is 0 Å². The Hall–Kier alpha value is -1.90. The Balaban J connectivity index is 2.83. The van der Waals surface area contributed by atoms with Crippen LogP contribution < -0.4 is 5.73 Å². The summed E-state index contributed by atoms with van der Waals surface area (Å²) in [5.74, 6) is 5.06. The van der Waals surface area contributed by atoms with Crippen molar-refractivity contribution in [3.63, 3.8) is 0 Å². The second-order valence-corrected chi connectivity index (χ2v) is 4.91. The highest BCUT2D eigenvalue weighted by Gasteiger charge is 2.12. The molecule has 114 valence electrons. The zero-order valence-electron chi connectivity index (χ0n) is 12.8. The summed E-state index contributed by atoms with van der Waals surface area (Å²) in [7, 11) is 3.46. The van der Waals surface area contributed by atoms with Crippen LogP contribution in [-0.2, 0) is 11.3 Å². The van der Waals surface area contributed by atoms with Crippen molar-refractivity contribution < 1.29 is 9.18 Å². The third-order valence-electron chi connectivity index (χ3n) is 3.07. The molecule has 0 heterocycles. The molecule has 4 nitrogen and oxygen atoms in total. The number of hydrogen-bond acceptors (Lipinski definition) is 3. The van der Waals surface area contributed by atoms with Crippen molar-refractivity contribution in [2.75, 3.05) is 33.7 Å². The fourth-order valence-corrected chi connectivity index (χ4v) is 1.78. The van der Waals surface area contributed by atoms with Crippen molar-refractivity contribution in [2.24, 2.45) is 5.73 Å². The lowest BCUT2D eigenvalue weighted by molar-refractivity contribution is -0.130. The van der Waals surface area contributed by atoms with E-state index in [9.17, 15) is 9.18 Å². The molecule has 0 saturated heterocycles. The summed E-state index contributed by atoms with van der Waals surface area (Å²) in [6.07, 6.45) is 0. The zero-order chi connectivity index (χ0) is 15.8. The van der Waals surface area contributed by atoms with Gasteiger partial charge < -0.3 is 10.6 Å². The minimum Gasteiger partial charge on any atom is -0.348 e. The van der Waals surface area contributed by atoms with E-state index in [0.29, 0.717) is 18.7 Å². The van der Waals surface area contributed by atoms with Crippen LogP contribution in [0.25, 0.3) is 0 Å². The normalized spacial score (nSPS) is 10.2. The molecule has 21 heavy (non-hydrogen) atoms. The maximum Gasteiger partial charge on any atom is 0.236 e. The van der Waals surface area contributed by atoms with Crippen LogP contribution >= 0.6 is 0 Å². The monoisotopic (exact) mass is 291 g/mol. The summed E-state index contributed by atoms with van der Waals surface area (Å²) >= 11 is 0. The third-order valence-corrected chi connectivity index (χ3v) is 3.07. The first-order chi connectivity index (χ1) is 9.97.